The van der Waals surface area contributed by atoms with E-state index in [4.69, 9.17) is 0 Å². The van der Waals surface area contributed by atoms with Crippen LogP contribution in [0.3, 0.4) is 0 Å². The number of amides is 1. The highest BCUT2D eigenvalue weighted by atomic mass is 32.2. The Hall–Kier alpha value is -1.05. The van der Waals surface area contributed by atoms with Crippen LogP contribution >= 0.6 is 23.5 Å². The molecule has 1 aromatic rings. The van der Waals surface area contributed by atoms with Crippen LogP contribution in [-0.2, 0) is 0 Å². The molecule has 2 rings (SSSR count). The number of hydrogen-bond donors (Lipinski definition) is 2. The summed E-state index contributed by atoms with van der Waals surface area (Å²) in [4.78, 5) is 19.8. The maximum absolute atomic E-state index is 11.0. The van der Waals surface area contributed by atoms with Crippen LogP contribution < -0.4 is 5.32 Å². The summed E-state index contributed by atoms with van der Waals surface area (Å²) in [6.45, 7) is 0. The summed E-state index contributed by atoms with van der Waals surface area (Å²) >= 11 is 2.41. The van der Waals surface area contributed by atoms with E-state index < -0.39 is 6.23 Å². The van der Waals surface area contributed by atoms with Crippen molar-refractivity contribution in [2.45, 2.75) is 11.4 Å². The third-order valence-corrected chi connectivity index (χ3v) is 3.30. The van der Waals surface area contributed by atoms with E-state index in [1.165, 1.54) is 11.8 Å². The second kappa shape index (κ2) is 4.86. The number of carbonyl (C=O) groups excluding carboxylic acids is 1. The largest absolute Gasteiger partial charge is 0.369 e. The van der Waals surface area contributed by atoms with Crippen molar-refractivity contribution in [2.75, 3.05) is 6.26 Å². The molecule has 2 heterocycles. The van der Waals surface area contributed by atoms with E-state index in [-0.39, 0.29) is 5.24 Å². The second-order valence-corrected chi connectivity index (χ2v) is 4.77. The Labute approximate surface area is 101 Å². The van der Waals surface area contributed by atoms with Gasteiger partial charge in [-0.15, -0.1) is 0 Å². The molecular weight excluding hydrogens is 246 g/mol. The van der Waals surface area contributed by atoms with Gasteiger partial charge in [-0.3, -0.25) is 4.79 Å². The van der Waals surface area contributed by atoms with Crippen molar-refractivity contribution in [1.29, 1.82) is 0 Å². The predicted molar refractivity (Wildman–Crippen MR) is 63.9 cm³/mol. The minimum atomic E-state index is -0.926. The van der Waals surface area contributed by atoms with Crippen LogP contribution in [0, 0.1) is 0 Å². The molecule has 1 aliphatic heterocycles. The molecule has 5 nitrogen and oxygen atoms in total. The summed E-state index contributed by atoms with van der Waals surface area (Å²) in [6, 6.07) is 1.72. The Kier molecular flexibility index (Phi) is 3.47. The average Bonchev–Trinajstić information content (AvgIpc) is 2.58. The van der Waals surface area contributed by atoms with Crippen LogP contribution in [0.5, 0.6) is 0 Å². The topological polar surface area (TPSA) is 75.1 Å². The zero-order valence-corrected chi connectivity index (χ0v) is 10.0. The highest BCUT2D eigenvalue weighted by molar-refractivity contribution is 8.17. The summed E-state index contributed by atoms with van der Waals surface area (Å²) in [5, 5.41) is 12.3. The first kappa shape index (κ1) is 11.4. The van der Waals surface area contributed by atoms with Crippen LogP contribution in [0.1, 0.15) is 5.69 Å². The zero-order chi connectivity index (χ0) is 11.5. The van der Waals surface area contributed by atoms with Crippen LogP contribution in [0.15, 0.2) is 22.3 Å². The molecule has 1 aromatic heterocycles. The van der Waals surface area contributed by atoms with E-state index in [0.717, 1.165) is 11.8 Å². The molecule has 16 heavy (non-hydrogen) atoms. The number of carbonyl (C=O) groups is 1. The maximum Gasteiger partial charge on any atom is 0.285 e. The number of rotatable bonds is 2. The van der Waals surface area contributed by atoms with Crippen LogP contribution in [0.25, 0.3) is 6.08 Å². The summed E-state index contributed by atoms with van der Waals surface area (Å²) in [5.41, 5.74) is 0.678. The lowest BCUT2D eigenvalue weighted by Crippen LogP contribution is -2.24. The average molecular weight is 255 g/mol. The van der Waals surface area contributed by atoms with E-state index in [2.05, 4.69) is 15.3 Å². The van der Waals surface area contributed by atoms with Crippen LogP contribution in [-0.4, -0.2) is 32.8 Å². The quantitative estimate of drug-likeness (QED) is 0.613. The van der Waals surface area contributed by atoms with E-state index >= 15 is 0 Å². The molecule has 2 N–H and O–H groups in total. The van der Waals surface area contributed by atoms with Crippen molar-refractivity contribution >= 4 is 34.8 Å². The minimum Gasteiger partial charge on any atom is -0.369 e. The highest BCUT2D eigenvalue weighted by Crippen LogP contribution is 2.27. The first-order chi connectivity index (χ1) is 7.69. The smallest absolute Gasteiger partial charge is 0.285 e. The second-order valence-electron chi connectivity index (χ2n) is 2.95. The lowest BCUT2D eigenvalue weighted by molar-refractivity contribution is 0.192. The van der Waals surface area contributed by atoms with Gasteiger partial charge in [-0.1, -0.05) is 11.8 Å². The highest BCUT2D eigenvalue weighted by Gasteiger charge is 2.25. The van der Waals surface area contributed by atoms with E-state index in [1.807, 2.05) is 6.26 Å². The Bertz CT molecular complexity index is 450. The monoisotopic (exact) mass is 255 g/mol. The minimum absolute atomic E-state index is 0.252. The summed E-state index contributed by atoms with van der Waals surface area (Å²) in [6.07, 6.45) is 4.28. The molecule has 1 unspecified atom stereocenters. The molecule has 84 valence electrons. The molecule has 0 aliphatic carbocycles. The number of aliphatic hydroxyl groups is 1. The molecule has 1 amide bonds. The fourth-order valence-electron chi connectivity index (χ4n) is 1.16. The van der Waals surface area contributed by atoms with Crippen molar-refractivity contribution in [2.24, 2.45) is 0 Å². The fraction of sp³-hybridized carbons (Fsp3) is 0.222. The molecule has 0 saturated carbocycles. The summed E-state index contributed by atoms with van der Waals surface area (Å²) in [5.74, 6) is 0. The molecule has 1 saturated heterocycles. The van der Waals surface area contributed by atoms with Gasteiger partial charge in [0.05, 0.1) is 5.69 Å². The van der Waals surface area contributed by atoms with E-state index in [0.29, 0.717) is 15.8 Å². The van der Waals surface area contributed by atoms with Gasteiger partial charge >= 0.3 is 0 Å². The van der Waals surface area contributed by atoms with Gasteiger partial charge in [0.25, 0.3) is 5.24 Å². The van der Waals surface area contributed by atoms with Gasteiger partial charge in [0.15, 0.2) is 11.4 Å². The number of hydrogen-bond acceptors (Lipinski definition) is 6. The number of nitrogens with one attached hydrogen (secondary N) is 1. The Morgan fingerprint density at radius 1 is 1.69 bits per heavy atom. The summed E-state index contributed by atoms with van der Waals surface area (Å²) in [7, 11) is 0. The molecular formula is C9H9N3O2S2. The molecule has 1 fully saturated rings. The van der Waals surface area contributed by atoms with E-state index in [9.17, 15) is 9.90 Å². The maximum atomic E-state index is 11.0. The molecule has 1 aliphatic rings. The van der Waals surface area contributed by atoms with Gasteiger partial charge in [-0.25, -0.2) is 9.97 Å². The van der Waals surface area contributed by atoms with E-state index in [1.54, 1.807) is 18.3 Å². The SMILES string of the molecule is CSc1nccc(/C=C2\SC(=O)NC2O)n1. The lowest BCUT2D eigenvalue weighted by atomic mass is 10.3. The fourth-order valence-corrected chi connectivity index (χ4v) is 2.26. The van der Waals surface area contributed by atoms with Gasteiger partial charge in [0.1, 0.15) is 0 Å². The Balaban J connectivity index is 2.25. The van der Waals surface area contributed by atoms with Gasteiger partial charge in [-0.2, -0.15) is 0 Å². The lowest BCUT2D eigenvalue weighted by Gasteiger charge is -2.01. The van der Waals surface area contributed by atoms with Crippen molar-refractivity contribution in [3.8, 4) is 0 Å². The van der Waals surface area contributed by atoms with Crippen LogP contribution in [0.4, 0.5) is 4.79 Å². The Morgan fingerprint density at radius 3 is 3.12 bits per heavy atom. The molecule has 7 heteroatoms. The number of aromatic nitrogens is 2. The Morgan fingerprint density at radius 2 is 2.50 bits per heavy atom. The summed E-state index contributed by atoms with van der Waals surface area (Å²) < 4.78 is 0. The van der Waals surface area contributed by atoms with Gasteiger partial charge in [-0.05, 0) is 30.2 Å². The third kappa shape index (κ3) is 2.55. The predicted octanol–water partition coefficient (Wildman–Crippen LogP) is 1.31. The van der Waals surface area contributed by atoms with Gasteiger partial charge in [0.2, 0.25) is 0 Å². The first-order valence-electron chi connectivity index (χ1n) is 4.44. The van der Waals surface area contributed by atoms with Gasteiger partial charge in [0, 0.05) is 11.1 Å². The van der Waals surface area contributed by atoms with Crippen molar-refractivity contribution in [1.82, 2.24) is 15.3 Å². The number of nitrogens with zero attached hydrogens (tertiary/aromatic N) is 2. The van der Waals surface area contributed by atoms with Crippen LogP contribution in [0.2, 0.25) is 0 Å². The molecule has 0 bridgehead atoms. The van der Waals surface area contributed by atoms with Crippen molar-refractivity contribution < 1.29 is 9.90 Å². The molecule has 0 aromatic carbocycles. The zero-order valence-electron chi connectivity index (χ0n) is 8.38. The van der Waals surface area contributed by atoms with Crippen molar-refractivity contribution in [3.63, 3.8) is 0 Å². The normalized spacial score (nSPS) is 22.5. The molecule has 1 atom stereocenters. The number of thioether (sulfide) groups is 2. The van der Waals surface area contributed by atoms with Crippen molar-refractivity contribution in [3.05, 3.63) is 22.9 Å². The molecule has 0 radical (unpaired) electrons. The third-order valence-electron chi connectivity index (χ3n) is 1.86. The van der Waals surface area contributed by atoms with Gasteiger partial charge < -0.3 is 10.4 Å². The first-order valence-corrected chi connectivity index (χ1v) is 6.48. The number of aliphatic hydroxyl groups excluding tert-OH is 1. The molecule has 0 spiro atoms. The standard InChI is InChI=1S/C9H9N3O2S2/c1-15-8-10-3-2-5(11-8)4-6-7(13)12-9(14)16-6/h2-4,7,13H,1H3,(H,12,14)/b6-4-.